The molecule has 2 aliphatic heterocycles. The molecule has 2 aliphatic rings. The fraction of sp³-hybridized carbons (Fsp3) is 0.342. The summed E-state index contributed by atoms with van der Waals surface area (Å²) < 4.78 is 6.91. The number of ether oxygens (including phenoxy) is 1. The van der Waals surface area contributed by atoms with Crippen molar-refractivity contribution in [1.29, 1.82) is 0 Å². The van der Waals surface area contributed by atoms with E-state index in [1.54, 1.807) is 24.5 Å². The third kappa shape index (κ3) is 7.30. The smallest absolute Gasteiger partial charge is 0.280 e. The molecule has 52 heavy (non-hydrogen) atoms. The van der Waals surface area contributed by atoms with Crippen LogP contribution in [0.1, 0.15) is 51.8 Å². The number of nitrogen functional groups attached to an aromatic ring is 1. The van der Waals surface area contributed by atoms with Gasteiger partial charge in [-0.15, -0.1) is 11.3 Å². The predicted molar refractivity (Wildman–Crippen MR) is 196 cm³/mol. The average molecular weight is 721 g/mol. The lowest BCUT2D eigenvalue weighted by Gasteiger charge is -2.43. The molecule has 14 heteroatoms. The summed E-state index contributed by atoms with van der Waals surface area (Å²) in [5, 5.41) is 12.3. The fourth-order valence-corrected chi connectivity index (χ4v) is 8.01. The number of nitrogens with two attached hydrogens (primary N) is 1. The Labute approximate surface area is 304 Å². The van der Waals surface area contributed by atoms with Crippen molar-refractivity contribution in [3.63, 3.8) is 0 Å². The second kappa shape index (κ2) is 14.6. The van der Waals surface area contributed by atoms with Gasteiger partial charge < -0.3 is 25.4 Å². The van der Waals surface area contributed by atoms with Gasteiger partial charge in [0.2, 0.25) is 11.8 Å². The minimum Gasteiger partial charge on any atom is -0.435 e. The third-order valence-corrected chi connectivity index (χ3v) is 11.1. The van der Waals surface area contributed by atoms with Gasteiger partial charge in [0.15, 0.2) is 5.69 Å². The molecule has 5 aromatic rings. The first-order valence-corrected chi connectivity index (χ1v) is 18.1. The van der Waals surface area contributed by atoms with Crippen LogP contribution in [0.2, 0.25) is 0 Å². The summed E-state index contributed by atoms with van der Waals surface area (Å²) in [6.45, 7) is 5.24. The molecule has 0 radical (unpaired) electrons. The lowest BCUT2D eigenvalue weighted by molar-refractivity contribution is -0.142. The van der Waals surface area contributed by atoms with E-state index >= 15 is 0 Å². The van der Waals surface area contributed by atoms with Gasteiger partial charge in [0.1, 0.15) is 22.0 Å². The Hall–Kier alpha value is -5.47. The molecular formula is C38H40N8O5S. The molecule has 3 N–H and O–H groups in total. The Kier molecular flexibility index (Phi) is 9.84. The number of hydrogen-bond acceptors (Lipinski definition) is 11. The summed E-state index contributed by atoms with van der Waals surface area (Å²) in [6.07, 6.45) is 7.22. The molecule has 2 fully saturated rings. The van der Waals surface area contributed by atoms with Crippen LogP contribution in [0, 0.1) is 19.8 Å². The number of aliphatic hydroxyl groups is 1. The highest BCUT2D eigenvalue weighted by Gasteiger charge is 2.42. The van der Waals surface area contributed by atoms with Crippen molar-refractivity contribution in [1.82, 2.24) is 34.3 Å². The standard InChI is InChI=1S/C38H40N8O5S/c1-24-10-11-27(19-41-24)34-43-25(2)32(52-34)37(49)45-16-12-29(30(21-45)26-7-4-3-5-8-26)35(47)44-17-13-38(50,14-18-44)22-46-23-42-33(31(39)36(46)48)51-28-9-6-15-40-20-28/h3-11,15,19-20,23,29-30,50H,12-14,16-18,21-22,39H2,1-2H3/t29-,30+/m1/s1. The number of aryl methyl sites for hydroxylation is 2. The molecule has 2 saturated heterocycles. The Bertz CT molecular complexity index is 2120. The molecule has 0 aliphatic carbocycles. The number of rotatable bonds is 8. The van der Waals surface area contributed by atoms with Crippen LogP contribution < -0.4 is 16.0 Å². The van der Waals surface area contributed by atoms with E-state index < -0.39 is 11.2 Å². The van der Waals surface area contributed by atoms with E-state index in [4.69, 9.17) is 10.5 Å². The van der Waals surface area contributed by atoms with E-state index in [0.717, 1.165) is 21.8 Å². The van der Waals surface area contributed by atoms with Crippen molar-refractivity contribution >= 4 is 28.8 Å². The molecule has 2 atom stereocenters. The Balaban J connectivity index is 1.02. The maximum atomic E-state index is 14.2. The second-order valence-corrected chi connectivity index (χ2v) is 14.5. The Morgan fingerprint density at radius 2 is 1.79 bits per heavy atom. The predicted octanol–water partition coefficient (Wildman–Crippen LogP) is 4.45. The van der Waals surface area contributed by atoms with E-state index in [0.29, 0.717) is 48.9 Å². The first-order valence-electron chi connectivity index (χ1n) is 17.3. The first kappa shape index (κ1) is 35.0. The minimum atomic E-state index is -1.24. The number of thiazole rings is 1. The van der Waals surface area contributed by atoms with Gasteiger partial charge in [0.05, 0.1) is 24.0 Å². The van der Waals surface area contributed by atoms with Gasteiger partial charge in [0.25, 0.3) is 11.5 Å². The van der Waals surface area contributed by atoms with E-state index in [1.807, 2.05) is 66.1 Å². The monoisotopic (exact) mass is 720 g/mol. The molecule has 0 unspecified atom stereocenters. The molecule has 7 rings (SSSR count). The highest BCUT2D eigenvalue weighted by Crippen LogP contribution is 2.37. The zero-order valence-electron chi connectivity index (χ0n) is 29.0. The number of anilines is 1. The van der Waals surface area contributed by atoms with Gasteiger partial charge in [-0.2, -0.15) is 0 Å². The van der Waals surface area contributed by atoms with Crippen LogP contribution in [0.5, 0.6) is 11.6 Å². The third-order valence-electron chi connectivity index (χ3n) is 9.95. The summed E-state index contributed by atoms with van der Waals surface area (Å²) in [5.74, 6) is -0.269. The van der Waals surface area contributed by atoms with Gasteiger partial charge in [0, 0.05) is 61.7 Å². The van der Waals surface area contributed by atoms with Crippen LogP contribution >= 0.6 is 11.3 Å². The molecule has 4 aromatic heterocycles. The Morgan fingerprint density at radius 1 is 1.00 bits per heavy atom. The number of carbonyl (C=O) groups is 2. The lowest BCUT2D eigenvalue weighted by Crippen LogP contribution is -2.53. The summed E-state index contributed by atoms with van der Waals surface area (Å²) in [5.41, 5.74) is 7.60. The van der Waals surface area contributed by atoms with Gasteiger partial charge in [-0.05, 0) is 62.9 Å². The number of nitrogens with zero attached hydrogens (tertiary/aromatic N) is 7. The van der Waals surface area contributed by atoms with E-state index in [1.165, 1.54) is 28.4 Å². The van der Waals surface area contributed by atoms with Crippen LogP contribution in [0.3, 0.4) is 0 Å². The van der Waals surface area contributed by atoms with Gasteiger partial charge in [-0.3, -0.25) is 28.9 Å². The van der Waals surface area contributed by atoms with Gasteiger partial charge in [-0.1, -0.05) is 30.3 Å². The second-order valence-electron chi connectivity index (χ2n) is 13.5. The molecule has 2 amide bonds. The van der Waals surface area contributed by atoms with E-state index in [-0.39, 0.29) is 54.6 Å². The lowest BCUT2D eigenvalue weighted by atomic mass is 9.79. The topological polar surface area (TPSA) is 170 Å². The minimum absolute atomic E-state index is 0.00566. The number of benzene rings is 1. The molecule has 0 bridgehead atoms. The van der Waals surface area contributed by atoms with E-state index in [2.05, 4.69) is 19.9 Å². The van der Waals surface area contributed by atoms with Crippen LogP contribution in [-0.2, 0) is 11.3 Å². The number of piperidine rings is 2. The van der Waals surface area contributed by atoms with E-state index in [9.17, 15) is 19.5 Å². The zero-order valence-corrected chi connectivity index (χ0v) is 29.8. The summed E-state index contributed by atoms with van der Waals surface area (Å²) in [6, 6.07) is 17.1. The highest BCUT2D eigenvalue weighted by molar-refractivity contribution is 7.17. The molecular weight excluding hydrogens is 681 g/mol. The van der Waals surface area contributed by atoms with Crippen LogP contribution in [0.25, 0.3) is 10.6 Å². The van der Waals surface area contributed by atoms with Crippen molar-refractivity contribution in [2.24, 2.45) is 5.92 Å². The van der Waals surface area contributed by atoms with Crippen LogP contribution in [0.15, 0.2) is 84.3 Å². The average Bonchev–Trinajstić information content (AvgIpc) is 3.56. The van der Waals surface area contributed by atoms with Gasteiger partial charge >= 0.3 is 0 Å². The van der Waals surface area contributed by atoms with Gasteiger partial charge in [-0.25, -0.2) is 9.97 Å². The van der Waals surface area contributed by atoms with Crippen molar-refractivity contribution < 1.29 is 19.4 Å². The van der Waals surface area contributed by atoms with Crippen molar-refractivity contribution in [3.05, 3.63) is 112 Å². The fourth-order valence-electron chi connectivity index (χ4n) is 6.98. The number of amides is 2. The number of pyridine rings is 2. The summed E-state index contributed by atoms with van der Waals surface area (Å²) >= 11 is 1.37. The maximum Gasteiger partial charge on any atom is 0.280 e. The van der Waals surface area contributed by atoms with Crippen molar-refractivity contribution in [3.8, 4) is 22.2 Å². The first-order chi connectivity index (χ1) is 25.1. The number of likely N-dealkylation sites (tertiary alicyclic amines) is 2. The molecule has 13 nitrogen and oxygen atoms in total. The molecule has 0 saturated carbocycles. The van der Waals surface area contributed by atoms with Crippen molar-refractivity contribution in [2.75, 3.05) is 31.9 Å². The maximum absolute atomic E-state index is 14.2. The number of hydrogen-bond donors (Lipinski definition) is 2. The zero-order chi connectivity index (χ0) is 36.4. The summed E-state index contributed by atoms with van der Waals surface area (Å²) in [7, 11) is 0. The molecule has 1 aromatic carbocycles. The Morgan fingerprint density at radius 3 is 2.50 bits per heavy atom. The number of carbonyl (C=O) groups excluding carboxylic acids is 2. The number of aromatic nitrogens is 5. The molecule has 0 spiro atoms. The van der Waals surface area contributed by atoms with Crippen LogP contribution in [0.4, 0.5) is 5.69 Å². The normalized spacial score (nSPS) is 18.6. The largest absolute Gasteiger partial charge is 0.435 e. The quantitative estimate of drug-likeness (QED) is 0.234. The molecule has 268 valence electrons. The summed E-state index contributed by atoms with van der Waals surface area (Å²) in [4.78, 5) is 62.8. The SMILES string of the molecule is Cc1ccc(-c2nc(C)c(C(=O)N3CC[C@@H](C(=O)N4CCC(O)(Cn5cnc(Oc6cccnc6)c(N)c5=O)CC4)[C@H](c4ccccc4)C3)s2)cn1. The van der Waals surface area contributed by atoms with Crippen LogP contribution in [-0.4, -0.2) is 83.0 Å². The highest BCUT2D eigenvalue weighted by atomic mass is 32.1. The van der Waals surface area contributed by atoms with Crippen molar-refractivity contribution in [2.45, 2.75) is 51.2 Å². The molecule has 6 heterocycles.